The number of nitrogens with zero attached hydrogens (tertiary/aromatic N) is 3. The molecule has 0 radical (unpaired) electrons. The highest BCUT2D eigenvalue weighted by molar-refractivity contribution is 7.98. The summed E-state index contributed by atoms with van der Waals surface area (Å²) in [5, 5.41) is 1.61. The van der Waals surface area contributed by atoms with Crippen LogP contribution in [0.1, 0.15) is 41.1 Å². The molecule has 0 bridgehead atoms. The van der Waals surface area contributed by atoms with E-state index in [1.165, 1.54) is 11.8 Å². The summed E-state index contributed by atoms with van der Waals surface area (Å²) in [6.07, 6.45) is 3.44. The Hall–Kier alpha value is -3.12. The lowest BCUT2D eigenvalue weighted by atomic mass is 10.1. The van der Waals surface area contributed by atoms with Gasteiger partial charge in [-0.15, -0.1) is 0 Å². The molecule has 0 N–H and O–H groups in total. The Bertz CT molecular complexity index is 1220. The van der Waals surface area contributed by atoms with E-state index in [4.69, 9.17) is 4.42 Å². The van der Waals surface area contributed by atoms with Crippen molar-refractivity contribution in [1.82, 2.24) is 9.97 Å². The quantitative estimate of drug-likeness (QED) is 0.269. The van der Waals surface area contributed by atoms with E-state index in [1.807, 2.05) is 56.9 Å². The summed E-state index contributed by atoms with van der Waals surface area (Å²) in [6.45, 7) is 8.11. The third-order valence-corrected chi connectivity index (χ3v) is 6.04. The molecule has 0 saturated carbocycles. The largest absolute Gasteiger partial charge is 0.451 e. The number of amides is 1. The highest BCUT2D eigenvalue weighted by Crippen LogP contribution is 2.34. The molecular formula is C25H25N3O2S. The predicted molar refractivity (Wildman–Crippen MR) is 126 cm³/mol. The fourth-order valence-corrected chi connectivity index (χ4v) is 4.45. The summed E-state index contributed by atoms with van der Waals surface area (Å²) < 4.78 is 6.13. The second-order valence-corrected chi connectivity index (χ2v) is 8.73. The average molecular weight is 432 g/mol. The summed E-state index contributed by atoms with van der Waals surface area (Å²) in [7, 11) is 0. The molecule has 6 heteroatoms. The van der Waals surface area contributed by atoms with Crippen LogP contribution < -0.4 is 4.90 Å². The van der Waals surface area contributed by atoms with Gasteiger partial charge in [-0.05, 0) is 57.0 Å². The molecule has 2 aromatic carbocycles. The number of carbonyl (C=O) groups is 1. The maximum absolute atomic E-state index is 13.8. The van der Waals surface area contributed by atoms with Crippen LogP contribution in [0.15, 0.2) is 70.5 Å². The van der Waals surface area contributed by atoms with Gasteiger partial charge in [-0.1, -0.05) is 42.1 Å². The van der Waals surface area contributed by atoms with Crippen LogP contribution in [0.2, 0.25) is 0 Å². The topological polar surface area (TPSA) is 59.2 Å². The lowest BCUT2D eigenvalue weighted by Crippen LogP contribution is -2.37. The zero-order valence-electron chi connectivity index (χ0n) is 18.1. The molecule has 2 aromatic heterocycles. The predicted octanol–water partition coefficient (Wildman–Crippen LogP) is 6.19. The molecule has 0 atom stereocenters. The monoisotopic (exact) mass is 431 g/mol. The molecule has 4 rings (SSSR count). The molecule has 5 nitrogen and oxygen atoms in total. The SMILES string of the molecule is Cc1ccc(C)c(N(C(=O)c2oc3ccccc3c2CSc2ncccn2)C(C)C)c1. The highest BCUT2D eigenvalue weighted by Gasteiger charge is 2.29. The molecule has 158 valence electrons. The van der Waals surface area contributed by atoms with Crippen molar-refractivity contribution >= 4 is 34.3 Å². The minimum atomic E-state index is -0.135. The van der Waals surface area contributed by atoms with Gasteiger partial charge in [0.2, 0.25) is 0 Å². The molecule has 2 heterocycles. The number of hydrogen-bond acceptors (Lipinski definition) is 5. The molecule has 0 fully saturated rings. The minimum Gasteiger partial charge on any atom is -0.451 e. The van der Waals surface area contributed by atoms with E-state index < -0.39 is 0 Å². The maximum atomic E-state index is 13.8. The highest BCUT2D eigenvalue weighted by atomic mass is 32.2. The number of hydrogen-bond donors (Lipinski definition) is 0. The van der Waals surface area contributed by atoms with Crippen LogP contribution in [-0.2, 0) is 5.75 Å². The number of fused-ring (bicyclic) bond motifs is 1. The van der Waals surface area contributed by atoms with Gasteiger partial charge in [-0.25, -0.2) is 9.97 Å². The fourth-order valence-electron chi connectivity index (χ4n) is 3.62. The second-order valence-electron chi connectivity index (χ2n) is 7.78. The van der Waals surface area contributed by atoms with Gasteiger partial charge in [-0.2, -0.15) is 0 Å². The number of carbonyl (C=O) groups excluding carboxylic acids is 1. The number of thioether (sulfide) groups is 1. The molecule has 1 amide bonds. The number of rotatable bonds is 6. The normalized spacial score (nSPS) is 11.3. The van der Waals surface area contributed by atoms with Gasteiger partial charge in [0, 0.05) is 40.8 Å². The van der Waals surface area contributed by atoms with E-state index in [0.29, 0.717) is 22.3 Å². The summed E-state index contributed by atoms with van der Waals surface area (Å²) in [5.41, 5.74) is 4.65. The van der Waals surface area contributed by atoms with E-state index in [-0.39, 0.29) is 11.9 Å². The first kappa shape index (κ1) is 21.1. The Balaban J connectivity index is 1.78. The molecule has 0 aliphatic carbocycles. The number of furan rings is 1. The van der Waals surface area contributed by atoms with E-state index in [1.54, 1.807) is 18.5 Å². The third kappa shape index (κ3) is 4.35. The van der Waals surface area contributed by atoms with Crippen molar-refractivity contribution in [3.63, 3.8) is 0 Å². The minimum absolute atomic E-state index is 0.0285. The first-order chi connectivity index (χ1) is 15.0. The van der Waals surface area contributed by atoms with Crippen LogP contribution in [-0.4, -0.2) is 21.9 Å². The molecule has 4 aromatic rings. The van der Waals surface area contributed by atoms with Crippen molar-refractivity contribution < 1.29 is 9.21 Å². The smallest absolute Gasteiger partial charge is 0.294 e. The van der Waals surface area contributed by atoms with Crippen molar-refractivity contribution in [3.05, 3.63) is 83.4 Å². The average Bonchev–Trinajstić information content (AvgIpc) is 3.14. The van der Waals surface area contributed by atoms with Gasteiger partial charge in [0.1, 0.15) is 5.58 Å². The molecule has 31 heavy (non-hydrogen) atoms. The third-order valence-electron chi connectivity index (χ3n) is 5.14. The van der Waals surface area contributed by atoms with Crippen LogP contribution in [0.25, 0.3) is 11.0 Å². The van der Waals surface area contributed by atoms with E-state index in [0.717, 1.165) is 27.8 Å². The first-order valence-electron chi connectivity index (χ1n) is 10.3. The maximum Gasteiger partial charge on any atom is 0.294 e. The second kappa shape index (κ2) is 8.94. The summed E-state index contributed by atoms with van der Waals surface area (Å²) in [5.74, 6) is 0.782. The van der Waals surface area contributed by atoms with Gasteiger partial charge in [-0.3, -0.25) is 4.79 Å². The van der Waals surface area contributed by atoms with Crippen LogP contribution in [0, 0.1) is 13.8 Å². The molecular weight excluding hydrogens is 406 g/mol. The first-order valence-corrected chi connectivity index (χ1v) is 11.3. The standard InChI is InChI=1S/C25H25N3O2S/c1-16(2)28(21-14-17(3)10-11-18(21)4)24(29)23-20(15-31-25-26-12-7-13-27-25)19-8-5-6-9-22(19)30-23/h5-14,16H,15H2,1-4H3. The Labute approximate surface area is 186 Å². The van der Waals surface area contributed by atoms with Crippen molar-refractivity contribution in [2.45, 2.75) is 44.6 Å². The summed E-state index contributed by atoms with van der Waals surface area (Å²) in [4.78, 5) is 24.3. The van der Waals surface area contributed by atoms with Gasteiger partial charge in [0.05, 0.1) is 0 Å². The van der Waals surface area contributed by atoms with Gasteiger partial charge >= 0.3 is 0 Å². The number of benzene rings is 2. The van der Waals surface area contributed by atoms with Crippen LogP contribution in [0.4, 0.5) is 5.69 Å². The van der Waals surface area contributed by atoms with Gasteiger partial charge in [0.15, 0.2) is 10.9 Å². The zero-order chi connectivity index (χ0) is 22.0. The number of aromatic nitrogens is 2. The molecule has 0 aliphatic heterocycles. The van der Waals surface area contributed by atoms with Crippen LogP contribution in [0.5, 0.6) is 0 Å². The Morgan fingerprint density at radius 1 is 1.06 bits per heavy atom. The lowest BCUT2D eigenvalue weighted by molar-refractivity contribution is 0.0954. The number of anilines is 1. The Morgan fingerprint density at radius 2 is 1.81 bits per heavy atom. The number of para-hydroxylation sites is 1. The Kier molecular flexibility index (Phi) is 6.09. The zero-order valence-corrected chi connectivity index (χ0v) is 18.9. The summed E-state index contributed by atoms with van der Waals surface area (Å²) in [6, 6.07) is 15.7. The van der Waals surface area contributed by atoms with Crippen molar-refractivity contribution in [1.29, 1.82) is 0 Å². The van der Waals surface area contributed by atoms with Crippen LogP contribution in [0.3, 0.4) is 0 Å². The molecule has 0 aliphatic rings. The fraction of sp³-hybridized carbons (Fsp3) is 0.240. The van der Waals surface area contributed by atoms with E-state index >= 15 is 0 Å². The van der Waals surface area contributed by atoms with E-state index in [9.17, 15) is 4.79 Å². The van der Waals surface area contributed by atoms with Gasteiger partial charge in [0.25, 0.3) is 5.91 Å². The van der Waals surface area contributed by atoms with Crippen LogP contribution >= 0.6 is 11.8 Å². The van der Waals surface area contributed by atoms with Crippen molar-refractivity contribution in [2.75, 3.05) is 4.90 Å². The van der Waals surface area contributed by atoms with Crippen molar-refractivity contribution in [2.24, 2.45) is 0 Å². The van der Waals surface area contributed by atoms with Crippen molar-refractivity contribution in [3.8, 4) is 0 Å². The summed E-state index contributed by atoms with van der Waals surface area (Å²) >= 11 is 1.49. The number of aryl methyl sites for hydroxylation is 2. The Morgan fingerprint density at radius 3 is 2.55 bits per heavy atom. The molecule has 0 unspecified atom stereocenters. The van der Waals surface area contributed by atoms with E-state index in [2.05, 4.69) is 28.2 Å². The van der Waals surface area contributed by atoms with Gasteiger partial charge < -0.3 is 9.32 Å². The molecule has 0 spiro atoms. The lowest BCUT2D eigenvalue weighted by Gasteiger charge is -2.28. The molecule has 0 saturated heterocycles.